The summed E-state index contributed by atoms with van der Waals surface area (Å²) in [5.41, 5.74) is 6.72. The molecule has 0 aliphatic carbocycles. The fourth-order valence-corrected chi connectivity index (χ4v) is 29.2. The van der Waals surface area contributed by atoms with Crippen molar-refractivity contribution in [3.8, 4) is 12.1 Å². The highest BCUT2D eigenvalue weighted by Gasteiger charge is 2.33. The quantitative estimate of drug-likeness (QED) is 0.0194. The van der Waals surface area contributed by atoms with Gasteiger partial charge in [-0.25, -0.2) is 26.3 Å². The van der Waals surface area contributed by atoms with Crippen molar-refractivity contribution in [3.63, 3.8) is 0 Å². The Hall–Kier alpha value is -4.09. The minimum Gasteiger partial charge on any atom is -0.481 e. The van der Waals surface area contributed by atoms with Gasteiger partial charge in [-0.3, -0.25) is 33.7 Å². The van der Waals surface area contributed by atoms with Crippen LogP contribution in [0.25, 0.3) is 19.4 Å². The molecule has 2 atom stereocenters. The van der Waals surface area contributed by atoms with Gasteiger partial charge in [0.05, 0.1) is 31.1 Å². The van der Waals surface area contributed by atoms with Crippen LogP contribution in [0.15, 0.2) is 182 Å². The van der Waals surface area contributed by atoms with Crippen LogP contribution in [0.2, 0.25) is 0 Å². The van der Waals surface area contributed by atoms with Crippen LogP contribution in [0, 0.1) is 49.0 Å². The van der Waals surface area contributed by atoms with Crippen LogP contribution >= 0.6 is 310 Å². The number of carboxylic acid groups (broad SMARTS) is 5. The van der Waals surface area contributed by atoms with Crippen molar-refractivity contribution in [2.24, 2.45) is 0 Å². The van der Waals surface area contributed by atoms with Crippen molar-refractivity contribution in [3.05, 3.63) is 255 Å². The number of rotatable bonds is 32. The molecular weight excluding hydrogens is 2240 g/mol. The van der Waals surface area contributed by atoms with E-state index in [2.05, 4.69) is 127 Å². The molecule has 17 nitrogen and oxygen atoms in total. The van der Waals surface area contributed by atoms with Crippen LogP contribution in [0.3, 0.4) is 0 Å². The van der Waals surface area contributed by atoms with E-state index in [0.717, 1.165) is 92.0 Å². The zero-order valence-electron chi connectivity index (χ0n) is 80.2. The fraction of sp³-hybridized carbons (Fsp3) is 0.406. The Labute approximate surface area is 947 Å². The number of thiocarbonyl (C=S) groups is 10. The summed E-state index contributed by atoms with van der Waals surface area (Å²) in [7, 11) is 1.91. The number of anilines is 1. The van der Waals surface area contributed by atoms with Gasteiger partial charge in [-0.2, -0.15) is 10.5 Å². The number of aliphatic carboxylic acids is 5. The monoisotopic (exact) mass is 2360 g/mol. The molecule has 0 aliphatic rings. The maximum Gasteiger partial charge on any atom is 0.319 e. The highest BCUT2D eigenvalue weighted by molar-refractivity contribution is 8.50. The Morgan fingerprint density at radius 1 is 0.360 bits per heavy atom. The van der Waals surface area contributed by atoms with Crippen molar-refractivity contribution < 1.29 is 49.5 Å². The average Bonchev–Trinajstić information content (AvgIpc) is 0.837. The van der Waals surface area contributed by atoms with Gasteiger partial charge in [-0.15, -0.1) is 94.1 Å². The predicted molar refractivity (Wildman–Crippen MR) is 668 cm³/mol. The molecular formula is C96H117N7O10S26. The molecule has 2 unspecified atom stereocenters. The molecule has 0 saturated carbocycles. The molecule has 0 spiro atoms. The highest BCUT2D eigenvalue weighted by Crippen LogP contribution is 2.40. The van der Waals surface area contributed by atoms with Gasteiger partial charge < -0.3 is 40.1 Å². The van der Waals surface area contributed by atoms with Gasteiger partial charge in [0.2, 0.25) is 0 Å². The molecule has 6 rings (SSSR count). The molecule has 0 radical (unpaired) electrons. The summed E-state index contributed by atoms with van der Waals surface area (Å²) in [6.45, 7) is 59.0. The van der Waals surface area contributed by atoms with Gasteiger partial charge in [0.1, 0.15) is 44.5 Å². The van der Waals surface area contributed by atoms with Gasteiger partial charge in [-0.05, 0) is 184 Å². The van der Waals surface area contributed by atoms with E-state index in [1.165, 1.54) is 129 Å². The number of nitrogens with zero attached hydrogens (tertiary/aromatic N) is 7. The number of hydrogen-bond donors (Lipinski definition) is 5. The van der Waals surface area contributed by atoms with E-state index in [0.29, 0.717) is 38.7 Å². The first kappa shape index (κ1) is 141. The lowest BCUT2D eigenvalue weighted by molar-refractivity contribution is -0.139. The molecule has 43 heteroatoms. The summed E-state index contributed by atoms with van der Waals surface area (Å²) in [5.74, 6) is 2.60. The molecule has 0 saturated heterocycles. The van der Waals surface area contributed by atoms with Crippen LogP contribution in [0.4, 0.5) is 5.69 Å². The number of carboxylic acids is 5. The molecule has 6 aromatic carbocycles. The first-order chi connectivity index (χ1) is 65.1. The van der Waals surface area contributed by atoms with Gasteiger partial charge in [0.15, 0.2) is 0 Å². The molecule has 5 N–H and O–H groups in total. The number of carbonyl (C=O) groups is 5. The third-order valence-corrected chi connectivity index (χ3v) is 37.2. The van der Waals surface area contributed by atoms with E-state index in [4.69, 9.17) is 179 Å². The Morgan fingerprint density at radius 2 is 0.662 bits per heavy atom. The highest BCUT2D eigenvalue weighted by atomic mass is 32.3. The zero-order valence-corrected chi connectivity index (χ0v) is 101. The van der Waals surface area contributed by atoms with Crippen LogP contribution in [-0.2, 0) is 34.5 Å². The van der Waals surface area contributed by atoms with Crippen molar-refractivity contribution in [2.45, 2.75) is 189 Å². The lowest BCUT2D eigenvalue weighted by Crippen LogP contribution is -2.28. The minimum absolute atomic E-state index is 0.00351. The molecule has 0 fully saturated rings. The lowest BCUT2D eigenvalue weighted by Gasteiger charge is -2.25. The van der Waals surface area contributed by atoms with E-state index in [1.54, 1.807) is 100 Å². The number of hydrogen-bond acceptors (Lipinski definition) is 33. The van der Waals surface area contributed by atoms with E-state index in [9.17, 15) is 29.2 Å². The summed E-state index contributed by atoms with van der Waals surface area (Å²) < 4.78 is 4.44. The summed E-state index contributed by atoms with van der Waals surface area (Å²) in [4.78, 5) is 67.1. The molecule has 0 aliphatic heterocycles. The zero-order chi connectivity index (χ0) is 107. The first-order valence-corrected chi connectivity index (χ1v) is 60.1. The molecule has 0 heterocycles. The predicted octanol–water partition coefficient (Wildman–Crippen LogP) is 32.6. The minimum atomic E-state index is -0.965. The number of thioether (sulfide) groups is 16. The van der Waals surface area contributed by atoms with E-state index < -0.39 is 53.7 Å². The standard InChI is InChI=1S/C16H16S2.C13H13NO2S2.C11H11NS2.C10H10N2S2.C10H12S3.C9H13NO2S3.C8H12O4S3.C7H11NS3.C7H12O2S3.C5H7NS3/c1-16(2,14-11-7-4-8-12-14)18-15(17)13-9-5-3-6-10-13;1-13(9-14,8-7-11(15)16)18-12(17)10-5-3-2-4-6-10;1-11(2,12-3)14-10(13)9-7-5-4-6-8-9;1-11-8-14-10(13)12(2)9-6-4-3-5-7-9;1-2-12-10(11)13-8-9-6-4-3-5-7-9;1-3-14-8(13)15-9(2,6-10)5-4-7(11)12;1-8(2,6(11)12)15-7(13)14-4-3-5(9)10;1-5-10-6(9)11-7(2,3)8-4;1-4-11-6(10)12-7(2,3)5(8)9;1-3-8-5(7)9-4-6-2/h3-12H,1-2H3;2-6H,7-8H2,1H3,(H,15,16);4-8H,1-2H3;3-7H,8H2,2H3;3-7H,2,8H2,1H3;3-5H2,1-2H3,(H,11,12);3-4H2,1-2H3,(H,9,10)(H,11,12);5H2,1-3H3;4H2,1-3H3,(H,8,9);3-4H2,1H3. The normalized spacial score (nSPS) is 11.2. The maximum absolute atomic E-state index is 10.8. The van der Waals surface area contributed by atoms with Crippen molar-refractivity contribution in [1.82, 2.24) is 0 Å². The number of nitriles is 2. The Kier molecular flexibility index (Phi) is 83.2. The molecule has 139 heavy (non-hydrogen) atoms. The van der Waals surface area contributed by atoms with E-state index in [1.807, 2.05) is 175 Å². The average molecular weight is 2360 g/mol. The molecule has 0 amide bonds. The molecule has 0 aromatic heterocycles. The van der Waals surface area contributed by atoms with Crippen molar-refractivity contribution in [1.29, 1.82) is 10.5 Å². The van der Waals surface area contributed by atoms with Gasteiger partial charge in [0.25, 0.3) is 21.5 Å². The van der Waals surface area contributed by atoms with Crippen LogP contribution in [0.1, 0.15) is 178 Å². The third-order valence-electron chi connectivity index (χ3n) is 15.5. The smallest absolute Gasteiger partial charge is 0.319 e. The van der Waals surface area contributed by atoms with E-state index >= 15 is 0 Å². The van der Waals surface area contributed by atoms with Gasteiger partial charge in [-0.1, -0.05) is 374 Å². The number of para-hydroxylation sites is 1. The molecule has 752 valence electrons. The van der Waals surface area contributed by atoms with Gasteiger partial charge in [0, 0.05) is 69.5 Å². The maximum atomic E-state index is 10.8. The second kappa shape index (κ2) is 81.9. The lowest BCUT2D eigenvalue weighted by atomic mass is 10.0. The largest absolute Gasteiger partial charge is 0.481 e. The SMILES string of the molecule is CC(C#N)(CCC(=O)O)SC(=S)c1ccccc1.CC(C)(SC(=S)SCCC(=O)O)C(=O)O.CC(C)(SC(=S)c1ccccc1)c1ccccc1.CCSC(=S)SC(C)(C#N)CCC(=O)O.CCSC(=S)SC(C)(C)C(=O)O.CCSC(=S)SCc1ccccc1.[C-]#[N+]C(C)(C)SC(=S)SCC.[C-]#[N+]C(C)(C)SC(=S)c1ccccc1.[C-]#[N+]CSC(=S)N(C)c1ccccc1.[C-]#[N+]CSC(=S)SCC. The Bertz CT molecular complexity index is 5070. The van der Waals surface area contributed by atoms with Gasteiger partial charge >= 0.3 is 29.8 Å². The second-order valence-corrected chi connectivity index (χ2v) is 60.5. The van der Waals surface area contributed by atoms with Crippen molar-refractivity contribution >= 4 is 384 Å². The van der Waals surface area contributed by atoms with E-state index in [-0.39, 0.29) is 35.3 Å². The van der Waals surface area contributed by atoms with Crippen LogP contribution in [-0.4, -0.2) is 176 Å². The molecule has 0 bridgehead atoms. The number of benzene rings is 6. The first-order valence-electron chi connectivity index (χ1n) is 41.4. The topological polar surface area (TPSA) is 255 Å². The van der Waals surface area contributed by atoms with Crippen LogP contribution < -0.4 is 4.90 Å². The third kappa shape index (κ3) is 76.2. The fourth-order valence-electron chi connectivity index (χ4n) is 8.10. The Balaban J connectivity index is -0.000000732. The summed E-state index contributed by atoms with van der Waals surface area (Å²) in [6, 6.07) is 64.5. The van der Waals surface area contributed by atoms with Crippen molar-refractivity contribution in [2.75, 3.05) is 58.2 Å². The second-order valence-electron chi connectivity index (χ2n) is 29.2. The van der Waals surface area contributed by atoms with Crippen LogP contribution in [0.5, 0.6) is 0 Å². The summed E-state index contributed by atoms with van der Waals surface area (Å²) >= 11 is 74.6. The summed E-state index contributed by atoms with van der Waals surface area (Å²) in [5, 5.41) is 61.4. The molecule has 6 aromatic rings. The summed E-state index contributed by atoms with van der Waals surface area (Å²) in [6.07, 6.45) is 0.578. The Morgan fingerprint density at radius 3 is 1.01 bits per heavy atom.